The van der Waals surface area contributed by atoms with Gasteiger partial charge in [-0.3, -0.25) is 0 Å². The molecule has 10 aromatic carbocycles. The fourth-order valence-electron chi connectivity index (χ4n) is 14.9. The van der Waals surface area contributed by atoms with Gasteiger partial charge in [0.25, 0.3) is 0 Å². The van der Waals surface area contributed by atoms with Crippen molar-refractivity contribution in [1.29, 1.82) is 0 Å². The number of fused-ring (bicyclic) bond motifs is 9. The molecule has 0 bridgehead atoms. The van der Waals surface area contributed by atoms with Gasteiger partial charge in [0.05, 0.1) is 0 Å². The van der Waals surface area contributed by atoms with Gasteiger partial charge in [0.1, 0.15) is 0 Å². The van der Waals surface area contributed by atoms with Gasteiger partial charge in [-0.2, -0.15) is 0 Å². The molecule has 0 aromatic heterocycles. The van der Waals surface area contributed by atoms with Crippen LogP contribution < -0.4 is 9.80 Å². The summed E-state index contributed by atoms with van der Waals surface area (Å²) in [5, 5.41) is 0. The predicted molar refractivity (Wildman–Crippen MR) is 357 cm³/mol. The minimum atomic E-state index is -0.152. The van der Waals surface area contributed by atoms with Crippen LogP contribution in [0.5, 0.6) is 0 Å². The van der Waals surface area contributed by atoms with Gasteiger partial charge < -0.3 is 9.80 Å². The Kier molecular flexibility index (Phi) is 13.5. The Morgan fingerprint density at radius 3 is 0.807 bits per heavy atom. The van der Waals surface area contributed by atoms with Crippen LogP contribution in [0.25, 0.3) is 57.7 Å². The van der Waals surface area contributed by atoms with Crippen molar-refractivity contribution in [3.05, 3.63) is 284 Å². The van der Waals surface area contributed by atoms with Crippen LogP contribution in [0.4, 0.5) is 34.1 Å². The van der Waals surface area contributed by atoms with Crippen LogP contribution in [0.15, 0.2) is 206 Å². The summed E-state index contributed by atoms with van der Waals surface area (Å²) in [6.07, 6.45) is 13.4. The third kappa shape index (κ3) is 8.67. The van der Waals surface area contributed by atoms with E-state index in [0.717, 1.165) is 25.7 Å². The summed E-state index contributed by atoms with van der Waals surface area (Å²) in [5.41, 5.74) is 33.5. The highest BCUT2D eigenvalue weighted by atomic mass is 15.2. The van der Waals surface area contributed by atoms with E-state index in [9.17, 15) is 0 Å². The fraction of sp³-hybridized carbons (Fsp3) is 0.210. The largest absolute Gasteiger partial charge is 0.310 e. The van der Waals surface area contributed by atoms with Gasteiger partial charge in [0, 0.05) is 50.4 Å². The number of aryl methyl sites for hydroxylation is 4. The molecule has 3 aliphatic carbocycles. The molecule has 0 unspecified atom stereocenters. The summed E-state index contributed by atoms with van der Waals surface area (Å²) < 4.78 is 0. The molecule has 2 heteroatoms. The number of benzene rings is 10. The molecule has 0 radical (unpaired) electrons. The third-order valence-corrected chi connectivity index (χ3v) is 19.8. The lowest BCUT2D eigenvalue weighted by Crippen LogP contribution is -2.23. The second-order valence-electron chi connectivity index (χ2n) is 24.4. The molecular formula is C81H76N2. The first-order valence-corrected chi connectivity index (χ1v) is 30.4. The maximum absolute atomic E-state index is 2.50. The lowest BCUT2D eigenvalue weighted by atomic mass is 9.73. The highest BCUT2D eigenvalue weighted by Crippen LogP contribution is 2.57. The Balaban J connectivity index is 0.758. The van der Waals surface area contributed by atoms with Crippen LogP contribution in [0.2, 0.25) is 0 Å². The van der Waals surface area contributed by atoms with Crippen molar-refractivity contribution in [3.8, 4) is 33.4 Å². The maximum atomic E-state index is 2.50. The minimum absolute atomic E-state index is 0.0892. The van der Waals surface area contributed by atoms with E-state index in [-0.39, 0.29) is 16.2 Å². The molecular weight excluding hydrogens is 1000 g/mol. The smallest absolute Gasteiger partial charge is 0.0490 e. The standard InChI is InChI=1S/C81H76N2/c1-11-80(12-2)71-49-59(37-43-65(71)67-45-39-61(51-73(67)80)82(75-27-19-15-23-53(75)5)76-28-20-16-24-54(76)6)33-31-57-35-41-63-64-42-36-58(48-70(64)79(9,10)69(63)47-57)32-34-60-38-44-66-68-46-40-62(52-74(68)81(13-3,14-4)72(66)50-60)83(77-29-21-17-25-55(77)7)78-30-22-18-26-56(78)8/h15-52H,11-14H2,1-10H3/b33-31+,34-32+. The molecule has 0 spiro atoms. The van der Waals surface area contributed by atoms with Gasteiger partial charge in [-0.15, -0.1) is 0 Å². The van der Waals surface area contributed by atoms with Crippen LogP contribution >= 0.6 is 0 Å². The van der Waals surface area contributed by atoms with Crippen LogP contribution in [-0.4, -0.2) is 0 Å². The zero-order valence-electron chi connectivity index (χ0n) is 50.2. The van der Waals surface area contributed by atoms with Crippen molar-refractivity contribution in [3.63, 3.8) is 0 Å². The monoisotopic (exact) mass is 1080 g/mol. The van der Waals surface area contributed by atoms with Gasteiger partial charge in [0.2, 0.25) is 0 Å². The second kappa shape index (κ2) is 20.9. The predicted octanol–water partition coefficient (Wildman–Crippen LogP) is 22.7. The summed E-state index contributed by atoms with van der Waals surface area (Å²) in [6.45, 7) is 23.2. The lowest BCUT2D eigenvalue weighted by Gasteiger charge is -2.32. The molecule has 0 amide bonds. The Bertz CT molecular complexity index is 3880. The van der Waals surface area contributed by atoms with Gasteiger partial charge in [-0.1, -0.05) is 224 Å². The van der Waals surface area contributed by atoms with E-state index in [0.29, 0.717) is 0 Å². The quantitative estimate of drug-likeness (QED) is 0.100. The molecule has 0 heterocycles. The van der Waals surface area contributed by atoms with Crippen molar-refractivity contribution in [2.24, 2.45) is 0 Å². The van der Waals surface area contributed by atoms with Crippen LogP contribution in [-0.2, 0) is 16.2 Å². The second-order valence-corrected chi connectivity index (χ2v) is 24.4. The van der Waals surface area contributed by atoms with E-state index in [4.69, 9.17) is 0 Å². The molecule has 0 fully saturated rings. The van der Waals surface area contributed by atoms with E-state index in [1.165, 1.54) is 145 Å². The minimum Gasteiger partial charge on any atom is -0.310 e. The molecule has 83 heavy (non-hydrogen) atoms. The highest BCUT2D eigenvalue weighted by molar-refractivity contribution is 5.91. The zero-order valence-corrected chi connectivity index (χ0v) is 50.2. The normalized spacial score (nSPS) is 14.5. The van der Waals surface area contributed by atoms with Crippen LogP contribution in [0.3, 0.4) is 0 Å². The van der Waals surface area contributed by atoms with E-state index in [2.05, 4.69) is 310 Å². The first-order chi connectivity index (χ1) is 40.3. The number of hydrogen-bond donors (Lipinski definition) is 0. The average molecular weight is 1080 g/mol. The summed E-state index contributed by atoms with van der Waals surface area (Å²) in [4.78, 5) is 4.93. The number of rotatable bonds is 14. The van der Waals surface area contributed by atoms with Crippen LogP contribution in [0.1, 0.15) is 145 Å². The van der Waals surface area contributed by atoms with Crippen molar-refractivity contribution >= 4 is 58.4 Å². The highest BCUT2D eigenvalue weighted by Gasteiger charge is 2.43. The Morgan fingerprint density at radius 1 is 0.289 bits per heavy atom. The van der Waals surface area contributed by atoms with E-state index >= 15 is 0 Å². The molecule has 2 nitrogen and oxygen atoms in total. The third-order valence-electron chi connectivity index (χ3n) is 19.8. The molecule has 0 aliphatic heterocycles. The molecule has 13 rings (SSSR count). The molecule has 10 aromatic rings. The summed E-state index contributed by atoms with van der Waals surface area (Å²) in [7, 11) is 0. The van der Waals surface area contributed by atoms with Gasteiger partial charge in [-0.05, 0) is 213 Å². The molecule has 0 N–H and O–H groups in total. The van der Waals surface area contributed by atoms with Gasteiger partial charge in [0.15, 0.2) is 0 Å². The van der Waals surface area contributed by atoms with Crippen molar-refractivity contribution in [2.75, 3.05) is 9.80 Å². The Labute approximate surface area is 494 Å². The number of anilines is 6. The summed E-state index contributed by atoms with van der Waals surface area (Å²) >= 11 is 0. The van der Waals surface area contributed by atoms with Gasteiger partial charge in [-0.25, -0.2) is 0 Å². The zero-order chi connectivity index (χ0) is 57.4. The average Bonchev–Trinajstić information content (AvgIpc) is 3.33. The Morgan fingerprint density at radius 2 is 0.530 bits per heavy atom. The van der Waals surface area contributed by atoms with E-state index < -0.39 is 0 Å². The molecule has 410 valence electrons. The van der Waals surface area contributed by atoms with Crippen molar-refractivity contribution in [1.82, 2.24) is 0 Å². The van der Waals surface area contributed by atoms with E-state index in [1.807, 2.05) is 0 Å². The lowest BCUT2D eigenvalue weighted by molar-refractivity contribution is 0.490. The number of nitrogens with zero attached hydrogens (tertiary/aromatic N) is 2. The fourth-order valence-corrected chi connectivity index (χ4v) is 14.9. The summed E-state index contributed by atoms with van der Waals surface area (Å²) in [5.74, 6) is 0. The SMILES string of the molecule is CCC1(CC)c2cc(/C=C/c3ccc4c(c3)C(C)(C)c3cc(/C=C/c5ccc6c(c5)C(CC)(CC)c5cc(N(c7ccccc7C)c7ccccc7C)ccc5-6)ccc3-4)ccc2-c2ccc(N(c3ccccc3C)c3ccccc3C)cc21. The molecule has 0 saturated carbocycles. The van der Waals surface area contributed by atoms with Gasteiger partial charge >= 0.3 is 0 Å². The molecule has 3 aliphatic rings. The Hall–Kier alpha value is -8.72. The first-order valence-electron chi connectivity index (χ1n) is 30.4. The number of para-hydroxylation sites is 4. The van der Waals surface area contributed by atoms with Crippen molar-refractivity contribution < 1.29 is 0 Å². The topological polar surface area (TPSA) is 6.48 Å². The van der Waals surface area contributed by atoms with Crippen LogP contribution in [0, 0.1) is 27.7 Å². The van der Waals surface area contributed by atoms with E-state index in [1.54, 1.807) is 0 Å². The molecule has 0 saturated heterocycles. The molecule has 0 atom stereocenters. The number of hydrogen-bond acceptors (Lipinski definition) is 2. The summed E-state index contributed by atoms with van der Waals surface area (Å²) in [6, 6.07) is 78.1. The maximum Gasteiger partial charge on any atom is 0.0490 e. The first kappa shape index (κ1) is 53.6. The van der Waals surface area contributed by atoms with Crippen molar-refractivity contribution in [2.45, 2.75) is 111 Å².